The summed E-state index contributed by atoms with van der Waals surface area (Å²) in [5.74, 6) is -0.227. The fraction of sp³-hybridized carbons (Fsp3) is 0.167. The van der Waals surface area contributed by atoms with Crippen LogP contribution in [0, 0.1) is 0 Å². The SMILES string of the molecule is CNC(=O)c1ccc(CN(C)CC(=O)Nc2ccc(N=Nc3ccccc3)cc2)cc1. The van der Waals surface area contributed by atoms with Crippen molar-refractivity contribution < 1.29 is 9.59 Å². The number of benzene rings is 3. The minimum atomic E-state index is -0.119. The van der Waals surface area contributed by atoms with Gasteiger partial charge in [-0.3, -0.25) is 14.5 Å². The van der Waals surface area contributed by atoms with E-state index in [1.54, 1.807) is 43.4 Å². The zero-order valence-corrected chi connectivity index (χ0v) is 17.6. The molecule has 3 aromatic rings. The smallest absolute Gasteiger partial charge is 0.251 e. The van der Waals surface area contributed by atoms with Gasteiger partial charge >= 0.3 is 0 Å². The Bertz CT molecular complexity index is 1030. The molecule has 0 aromatic heterocycles. The number of azo groups is 1. The first-order valence-electron chi connectivity index (χ1n) is 9.90. The molecule has 0 aliphatic heterocycles. The highest BCUT2D eigenvalue weighted by molar-refractivity contribution is 5.94. The van der Waals surface area contributed by atoms with Gasteiger partial charge in [-0.25, -0.2) is 0 Å². The number of hydrogen-bond donors (Lipinski definition) is 2. The van der Waals surface area contributed by atoms with E-state index in [0.29, 0.717) is 23.5 Å². The predicted molar refractivity (Wildman–Crippen MR) is 122 cm³/mol. The molecule has 0 heterocycles. The number of carbonyl (C=O) groups is 2. The zero-order chi connectivity index (χ0) is 22.1. The minimum absolute atomic E-state index is 0.108. The Labute approximate surface area is 181 Å². The van der Waals surface area contributed by atoms with E-state index >= 15 is 0 Å². The van der Waals surface area contributed by atoms with Gasteiger partial charge in [-0.15, -0.1) is 0 Å². The van der Waals surface area contributed by atoms with Gasteiger partial charge in [0.2, 0.25) is 5.91 Å². The Morgan fingerprint density at radius 2 is 1.45 bits per heavy atom. The van der Waals surface area contributed by atoms with Crippen LogP contribution >= 0.6 is 0 Å². The van der Waals surface area contributed by atoms with E-state index < -0.39 is 0 Å². The first kappa shape index (κ1) is 21.9. The van der Waals surface area contributed by atoms with Crippen molar-refractivity contribution in [1.29, 1.82) is 0 Å². The van der Waals surface area contributed by atoms with Gasteiger partial charge in [0.15, 0.2) is 0 Å². The molecule has 2 amide bonds. The van der Waals surface area contributed by atoms with Crippen molar-refractivity contribution in [2.45, 2.75) is 6.54 Å². The van der Waals surface area contributed by atoms with Gasteiger partial charge in [0.1, 0.15) is 0 Å². The lowest BCUT2D eigenvalue weighted by Gasteiger charge is -2.16. The molecule has 0 spiro atoms. The third-order valence-electron chi connectivity index (χ3n) is 4.50. The lowest BCUT2D eigenvalue weighted by atomic mass is 10.1. The van der Waals surface area contributed by atoms with Crippen LogP contribution in [0.25, 0.3) is 0 Å². The van der Waals surface area contributed by atoms with Crippen LogP contribution in [-0.4, -0.2) is 37.4 Å². The lowest BCUT2D eigenvalue weighted by Crippen LogP contribution is -2.29. The maximum atomic E-state index is 12.3. The summed E-state index contributed by atoms with van der Waals surface area (Å²) in [5.41, 5.74) is 3.83. The average Bonchev–Trinajstić information content (AvgIpc) is 2.79. The molecule has 158 valence electrons. The molecule has 0 radical (unpaired) electrons. The molecule has 0 fully saturated rings. The molecule has 3 aromatic carbocycles. The molecule has 0 aliphatic carbocycles. The molecule has 0 saturated heterocycles. The summed E-state index contributed by atoms with van der Waals surface area (Å²) in [6, 6.07) is 24.0. The summed E-state index contributed by atoms with van der Waals surface area (Å²) in [6.45, 7) is 0.840. The van der Waals surface area contributed by atoms with Crippen LogP contribution in [0.2, 0.25) is 0 Å². The van der Waals surface area contributed by atoms with Gasteiger partial charge < -0.3 is 10.6 Å². The van der Waals surface area contributed by atoms with Gasteiger partial charge in [0, 0.05) is 24.8 Å². The quantitative estimate of drug-likeness (QED) is 0.530. The van der Waals surface area contributed by atoms with E-state index in [9.17, 15) is 9.59 Å². The van der Waals surface area contributed by atoms with Crippen LogP contribution in [0.1, 0.15) is 15.9 Å². The van der Waals surface area contributed by atoms with Crippen molar-refractivity contribution in [3.05, 3.63) is 90.0 Å². The largest absolute Gasteiger partial charge is 0.355 e. The molecule has 0 saturated carbocycles. The highest BCUT2D eigenvalue weighted by Crippen LogP contribution is 2.20. The molecule has 0 unspecified atom stereocenters. The van der Waals surface area contributed by atoms with Gasteiger partial charge in [0.25, 0.3) is 5.91 Å². The number of carbonyl (C=O) groups excluding carboxylic acids is 2. The second-order valence-corrected chi connectivity index (χ2v) is 7.08. The summed E-state index contributed by atoms with van der Waals surface area (Å²) in [5, 5.41) is 13.8. The summed E-state index contributed by atoms with van der Waals surface area (Å²) in [7, 11) is 3.48. The van der Waals surface area contributed by atoms with Crippen molar-refractivity contribution in [1.82, 2.24) is 10.2 Å². The molecule has 7 nitrogen and oxygen atoms in total. The van der Waals surface area contributed by atoms with Crippen molar-refractivity contribution in [2.75, 3.05) is 26.0 Å². The predicted octanol–water partition coefficient (Wildman–Crippen LogP) is 4.53. The average molecular weight is 415 g/mol. The van der Waals surface area contributed by atoms with Crippen LogP contribution < -0.4 is 10.6 Å². The van der Waals surface area contributed by atoms with Crippen molar-refractivity contribution in [2.24, 2.45) is 10.2 Å². The van der Waals surface area contributed by atoms with Gasteiger partial charge in [-0.1, -0.05) is 30.3 Å². The van der Waals surface area contributed by atoms with Crippen LogP contribution in [0.15, 0.2) is 89.1 Å². The summed E-state index contributed by atoms with van der Waals surface area (Å²) in [4.78, 5) is 25.9. The van der Waals surface area contributed by atoms with E-state index in [4.69, 9.17) is 0 Å². The number of anilines is 1. The molecule has 31 heavy (non-hydrogen) atoms. The molecular formula is C24H25N5O2. The number of hydrogen-bond acceptors (Lipinski definition) is 5. The number of amides is 2. The fourth-order valence-electron chi connectivity index (χ4n) is 2.94. The first-order valence-corrected chi connectivity index (χ1v) is 9.90. The van der Waals surface area contributed by atoms with Gasteiger partial charge in [0.05, 0.1) is 17.9 Å². The van der Waals surface area contributed by atoms with E-state index in [1.807, 2.05) is 54.4 Å². The molecule has 3 rings (SSSR count). The van der Waals surface area contributed by atoms with Crippen LogP contribution in [0.4, 0.5) is 17.1 Å². The second-order valence-electron chi connectivity index (χ2n) is 7.08. The lowest BCUT2D eigenvalue weighted by molar-refractivity contribution is -0.117. The number of rotatable bonds is 8. The maximum absolute atomic E-state index is 12.3. The maximum Gasteiger partial charge on any atom is 0.251 e. The van der Waals surface area contributed by atoms with Crippen LogP contribution in [0.3, 0.4) is 0 Å². The summed E-state index contributed by atoms with van der Waals surface area (Å²) in [6.07, 6.45) is 0. The standard InChI is InChI=1S/C24H25N5O2/c1-25-24(31)19-10-8-18(9-11-19)16-29(2)17-23(30)26-20-12-14-22(15-13-20)28-27-21-6-4-3-5-7-21/h3-15H,16-17H2,1-2H3,(H,25,31)(H,26,30). The number of likely N-dealkylation sites (N-methyl/N-ethyl adjacent to an activating group) is 1. The Kier molecular flexibility index (Phi) is 7.61. The molecule has 0 bridgehead atoms. The molecule has 7 heteroatoms. The van der Waals surface area contributed by atoms with E-state index in [1.165, 1.54) is 0 Å². The third kappa shape index (κ3) is 6.87. The van der Waals surface area contributed by atoms with Gasteiger partial charge in [-0.05, 0) is 61.1 Å². The molecular weight excluding hydrogens is 390 g/mol. The molecule has 0 aliphatic rings. The van der Waals surface area contributed by atoms with Crippen molar-refractivity contribution >= 4 is 28.9 Å². The normalized spacial score (nSPS) is 10.9. The summed E-state index contributed by atoms with van der Waals surface area (Å²) >= 11 is 0. The van der Waals surface area contributed by atoms with Crippen LogP contribution in [0.5, 0.6) is 0 Å². The monoisotopic (exact) mass is 415 g/mol. The minimum Gasteiger partial charge on any atom is -0.355 e. The van der Waals surface area contributed by atoms with Crippen LogP contribution in [-0.2, 0) is 11.3 Å². The molecule has 2 N–H and O–H groups in total. The highest BCUT2D eigenvalue weighted by Gasteiger charge is 2.09. The van der Waals surface area contributed by atoms with Gasteiger partial charge in [-0.2, -0.15) is 10.2 Å². The Hall–Kier alpha value is -3.84. The number of nitrogens with zero attached hydrogens (tertiary/aromatic N) is 3. The van der Waals surface area contributed by atoms with E-state index in [0.717, 1.165) is 11.3 Å². The summed E-state index contributed by atoms with van der Waals surface area (Å²) < 4.78 is 0. The Morgan fingerprint density at radius 1 is 0.839 bits per heavy atom. The zero-order valence-electron chi connectivity index (χ0n) is 17.6. The Balaban J connectivity index is 1.48. The number of nitrogens with one attached hydrogen (secondary N) is 2. The van der Waals surface area contributed by atoms with E-state index in [2.05, 4.69) is 20.9 Å². The van der Waals surface area contributed by atoms with Crippen molar-refractivity contribution in [3.63, 3.8) is 0 Å². The molecule has 0 atom stereocenters. The topological polar surface area (TPSA) is 86.2 Å². The highest BCUT2D eigenvalue weighted by atomic mass is 16.2. The third-order valence-corrected chi connectivity index (χ3v) is 4.50. The van der Waals surface area contributed by atoms with Crippen molar-refractivity contribution in [3.8, 4) is 0 Å². The Morgan fingerprint density at radius 3 is 2.06 bits per heavy atom. The second kappa shape index (κ2) is 10.8. The fourth-order valence-corrected chi connectivity index (χ4v) is 2.94. The first-order chi connectivity index (χ1) is 15.0. The van der Waals surface area contributed by atoms with E-state index in [-0.39, 0.29) is 18.4 Å².